The molecule has 3 nitrogen and oxygen atoms in total. The normalized spacial score (nSPS) is 10.5. The van der Waals surface area contributed by atoms with Crippen LogP contribution in [0.15, 0.2) is 42.5 Å². The molecular formula is C16H18ClNO2. The molecule has 20 heavy (non-hydrogen) atoms. The number of rotatable bonds is 6. The minimum absolute atomic E-state index is 0.158. The van der Waals surface area contributed by atoms with Crippen molar-refractivity contribution >= 4 is 11.6 Å². The summed E-state index contributed by atoms with van der Waals surface area (Å²) in [6.07, 6.45) is 0.922. The number of hydrogen-bond donors (Lipinski definition) is 2. The Morgan fingerprint density at radius 2 is 1.90 bits per heavy atom. The van der Waals surface area contributed by atoms with Crippen molar-refractivity contribution in [3.63, 3.8) is 0 Å². The zero-order valence-electron chi connectivity index (χ0n) is 11.4. The molecule has 2 aromatic carbocycles. The molecule has 0 aliphatic rings. The lowest BCUT2D eigenvalue weighted by molar-refractivity contribution is 0.414. The smallest absolute Gasteiger partial charge is 0.138 e. The van der Waals surface area contributed by atoms with Crippen molar-refractivity contribution in [2.45, 2.75) is 13.0 Å². The number of para-hydroxylation sites is 1. The predicted molar refractivity (Wildman–Crippen MR) is 81.5 cm³/mol. The molecule has 0 spiro atoms. The van der Waals surface area contributed by atoms with Crippen LogP contribution in [0.25, 0.3) is 0 Å². The molecule has 4 heteroatoms. The van der Waals surface area contributed by atoms with Crippen LogP contribution in [0, 0.1) is 0 Å². The highest BCUT2D eigenvalue weighted by molar-refractivity contribution is 6.32. The van der Waals surface area contributed by atoms with Gasteiger partial charge in [-0.1, -0.05) is 35.9 Å². The lowest BCUT2D eigenvalue weighted by Gasteiger charge is -2.08. The number of ether oxygens (including phenoxy) is 1. The summed E-state index contributed by atoms with van der Waals surface area (Å²) in [4.78, 5) is 0. The first-order chi connectivity index (χ1) is 9.70. The molecule has 0 atom stereocenters. The van der Waals surface area contributed by atoms with E-state index in [4.69, 9.17) is 16.3 Å². The van der Waals surface area contributed by atoms with E-state index < -0.39 is 0 Å². The fourth-order valence-electron chi connectivity index (χ4n) is 1.95. The lowest BCUT2D eigenvalue weighted by atomic mass is 10.1. The predicted octanol–water partition coefficient (Wildman–Crippen LogP) is 3.39. The second kappa shape index (κ2) is 7.17. The number of nitrogens with one attached hydrogen (secondary N) is 1. The number of halogens is 1. The zero-order chi connectivity index (χ0) is 14.4. The van der Waals surface area contributed by atoms with Crippen LogP contribution in [0.2, 0.25) is 5.02 Å². The molecule has 0 radical (unpaired) electrons. The average Bonchev–Trinajstić information content (AvgIpc) is 2.48. The molecule has 0 bridgehead atoms. The third kappa shape index (κ3) is 3.89. The van der Waals surface area contributed by atoms with Gasteiger partial charge < -0.3 is 15.2 Å². The minimum Gasteiger partial charge on any atom is -0.506 e. The molecular weight excluding hydrogens is 274 g/mol. The summed E-state index contributed by atoms with van der Waals surface area (Å²) in [6, 6.07) is 13.4. The summed E-state index contributed by atoms with van der Waals surface area (Å²) < 4.78 is 5.12. The molecule has 2 N–H and O–H groups in total. The van der Waals surface area contributed by atoms with Crippen LogP contribution in [0.3, 0.4) is 0 Å². The number of phenolic OH excluding ortho intramolecular Hbond substituents is 1. The number of aromatic hydroxyl groups is 1. The van der Waals surface area contributed by atoms with Gasteiger partial charge in [-0.2, -0.15) is 0 Å². The van der Waals surface area contributed by atoms with E-state index in [1.54, 1.807) is 13.2 Å². The van der Waals surface area contributed by atoms with Crippen LogP contribution in [0.5, 0.6) is 11.5 Å². The Bertz CT molecular complexity index is 555. The zero-order valence-corrected chi connectivity index (χ0v) is 12.2. The minimum atomic E-state index is 0.158. The molecule has 0 aliphatic carbocycles. The molecule has 0 fully saturated rings. The van der Waals surface area contributed by atoms with Gasteiger partial charge in [0.1, 0.15) is 11.5 Å². The van der Waals surface area contributed by atoms with Gasteiger partial charge in [-0.25, -0.2) is 0 Å². The Labute approximate surface area is 124 Å². The Morgan fingerprint density at radius 1 is 1.15 bits per heavy atom. The maximum atomic E-state index is 9.79. The molecule has 0 saturated heterocycles. The maximum absolute atomic E-state index is 9.79. The van der Waals surface area contributed by atoms with Crippen LogP contribution in [-0.4, -0.2) is 18.8 Å². The van der Waals surface area contributed by atoms with Crippen LogP contribution in [-0.2, 0) is 13.0 Å². The van der Waals surface area contributed by atoms with Gasteiger partial charge in [0.15, 0.2) is 0 Å². The molecule has 106 valence electrons. The average molecular weight is 292 g/mol. The van der Waals surface area contributed by atoms with Crippen molar-refractivity contribution < 1.29 is 9.84 Å². The Hall–Kier alpha value is -1.71. The fourth-order valence-corrected chi connectivity index (χ4v) is 2.14. The first-order valence-electron chi connectivity index (χ1n) is 6.50. The largest absolute Gasteiger partial charge is 0.506 e. The van der Waals surface area contributed by atoms with Crippen molar-refractivity contribution in [1.82, 2.24) is 5.32 Å². The Balaban J connectivity index is 1.80. The van der Waals surface area contributed by atoms with Crippen LogP contribution < -0.4 is 10.1 Å². The molecule has 0 unspecified atom stereocenters. The van der Waals surface area contributed by atoms with Crippen molar-refractivity contribution in [2.75, 3.05) is 13.7 Å². The molecule has 0 heterocycles. The Kier molecular flexibility index (Phi) is 5.27. The first kappa shape index (κ1) is 14.7. The van der Waals surface area contributed by atoms with Gasteiger partial charge in [-0.15, -0.1) is 0 Å². The van der Waals surface area contributed by atoms with E-state index in [0.717, 1.165) is 24.3 Å². The summed E-state index contributed by atoms with van der Waals surface area (Å²) in [5.74, 6) is 1.02. The summed E-state index contributed by atoms with van der Waals surface area (Å²) in [5, 5.41) is 13.5. The van der Waals surface area contributed by atoms with E-state index in [1.165, 1.54) is 5.56 Å². The van der Waals surface area contributed by atoms with Gasteiger partial charge in [-0.05, 0) is 36.7 Å². The SMILES string of the molecule is COc1ccc(CCNCc2cccc(Cl)c2O)cc1. The van der Waals surface area contributed by atoms with E-state index in [9.17, 15) is 5.11 Å². The van der Waals surface area contributed by atoms with Gasteiger partial charge in [0.2, 0.25) is 0 Å². The monoisotopic (exact) mass is 291 g/mol. The van der Waals surface area contributed by atoms with Gasteiger partial charge in [0.05, 0.1) is 12.1 Å². The topological polar surface area (TPSA) is 41.5 Å². The molecule has 2 rings (SSSR count). The summed E-state index contributed by atoms with van der Waals surface area (Å²) >= 11 is 5.86. The summed E-state index contributed by atoms with van der Waals surface area (Å²) in [7, 11) is 1.66. The quantitative estimate of drug-likeness (QED) is 0.802. The Morgan fingerprint density at radius 3 is 2.60 bits per heavy atom. The highest BCUT2D eigenvalue weighted by atomic mass is 35.5. The molecule has 0 aliphatic heterocycles. The van der Waals surface area contributed by atoms with Gasteiger partial charge in [0, 0.05) is 12.1 Å². The molecule has 0 amide bonds. The highest BCUT2D eigenvalue weighted by Crippen LogP contribution is 2.26. The van der Waals surface area contributed by atoms with Gasteiger partial charge in [-0.3, -0.25) is 0 Å². The van der Waals surface area contributed by atoms with Gasteiger partial charge >= 0.3 is 0 Å². The molecule has 0 aromatic heterocycles. The maximum Gasteiger partial charge on any atom is 0.138 e. The van der Waals surface area contributed by atoms with E-state index in [-0.39, 0.29) is 5.75 Å². The second-order valence-electron chi connectivity index (χ2n) is 4.52. The summed E-state index contributed by atoms with van der Waals surface area (Å²) in [5.41, 5.74) is 2.06. The molecule has 2 aromatic rings. The van der Waals surface area contributed by atoms with E-state index in [2.05, 4.69) is 17.4 Å². The first-order valence-corrected chi connectivity index (χ1v) is 6.88. The second-order valence-corrected chi connectivity index (χ2v) is 4.93. The van der Waals surface area contributed by atoms with E-state index in [1.807, 2.05) is 24.3 Å². The number of phenols is 1. The van der Waals surface area contributed by atoms with E-state index in [0.29, 0.717) is 11.6 Å². The van der Waals surface area contributed by atoms with Crippen molar-refractivity contribution in [1.29, 1.82) is 0 Å². The third-order valence-electron chi connectivity index (χ3n) is 3.14. The summed E-state index contributed by atoms with van der Waals surface area (Å²) in [6.45, 7) is 1.43. The number of benzene rings is 2. The van der Waals surface area contributed by atoms with Crippen molar-refractivity contribution in [3.8, 4) is 11.5 Å². The van der Waals surface area contributed by atoms with E-state index >= 15 is 0 Å². The van der Waals surface area contributed by atoms with Crippen LogP contribution >= 0.6 is 11.6 Å². The van der Waals surface area contributed by atoms with Crippen molar-refractivity contribution in [3.05, 3.63) is 58.6 Å². The number of methoxy groups -OCH3 is 1. The molecule has 0 saturated carbocycles. The third-order valence-corrected chi connectivity index (χ3v) is 3.44. The standard InChI is InChI=1S/C16H18ClNO2/c1-20-14-7-5-12(6-8-14)9-10-18-11-13-3-2-4-15(17)16(13)19/h2-8,18-19H,9-11H2,1H3. The van der Waals surface area contributed by atoms with Gasteiger partial charge in [0.25, 0.3) is 0 Å². The number of hydrogen-bond acceptors (Lipinski definition) is 3. The van der Waals surface area contributed by atoms with Crippen LogP contribution in [0.1, 0.15) is 11.1 Å². The highest BCUT2D eigenvalue weighted by Gasteiger charge is 2.04. The van der Waals surface area contributed by atoms with Crippen LogP contribution in [0.4, 0.5) is 0 Å². The fraction of sp³-hybridized carbons (Fsp3) is 0.250. The lowest BCUT2D eigenvalue weighted by Crippen LogP contribution is -2.16. The van der Waals surface area contributed by atoms with Crippen molar-refractivity contribution in [2.24, 2.45) is 0 Å².